The molecular formula is C18H27N3O3S. The number of hydrogen-bond donors (Lipinski definition) is 1. The van der Waals surface area contributed by atoms with Gasteiger partial charge >= 0.3 is 0 Å². The smallest absolute Gasteiger partial charge is 0.265 e. The lowest BCUT2D eigenvalue weighted by atomic mass is 10.00. The topological polar surface area (TPSA) is 69.7 Å². The van der Waals surface area contributed by atoms with Crippen LogP contribution in [0.5, 0.6) is 0 Å². The number of benzene rings is 1. The summed E-state index contributed by atoms with van der Waals surface area (Å²) in [4.78, 5) is 12.8. The van der Waals surface area contributed by atoms with Crippen LogP contribution in [0, 0.1) is 0 Å². The van der Waals surface area contributed by atoms with Crippen molar-refractivity contribution in [2.24, 2.45) is 0 Å². The molecule has 0 spiro atoms. The van der Waals surface area contributed by atoms with Gasteiger partial charge in [-0.1, -0.05) is 6.42 Å². The van der Waals surface area contributed by atoms with Crippen LogP contribution in [-0.2, 0) is 10.0 Å². The van der Waals surface area contributed by atoms with Crippen LogP contribution in [0.3, 0.4) is 0 Å². The number of piperidine rings is 1. The molecule has 2 fully saturated rings. The number of hydrazine groups is 1. The molecule has 2 heterocycles. The molecule has 0 aromatic heterocycles. The third kappa shape index (κ3) is 3.88. The highest BCUT2D eigenvalue weighted by atomic mass is 32.2. The fraction of sp³-hybridized carbons (Fsp3) is 0.611. The number of carbonyl (C=O) groups excluding carboxylic acids is 1. The molecule has 138 valence electrons. The van der Waals surface area contributed by atoms with Gasteiger partial charge < -0.3 is 0 Å². The maximum atomic E-state index is 12.5. The first-order chi connectivity index (χ1) is 11.9. The second kappa shape index (κ2) is 7.43. The van der Waals surface area contributed by atoms with E-state index in [1.54, 1.807) is 12.1 Å². The summed E-state index contributed by atoms with van der Waals surface area (Å²) in [5.41, 5.74) is 3.46. The van der Waals surface area contributed by atoms with E-state index in [1.165, 1.54) is 22.9 Å². The Morgan fingerprint density at radius 1 is 1.00 bits per heavy atom. The molecule has 1 aromatic carbocycles. The van der Waals surface area contributed by atoms with Crippen molar-refractivity contribution in [3.05, 3.63) is 29.8 Å². The average molecular weight is 365 g/mol. The molecule has 25 heavy (non-hydrogen) atoms. The minimum Gasteiger partial charge on any atom is -0.284 e. The first-order valence-electron chi connectivity index (χ1n) is 9.09. The highest BCUT2D eigenvalue weighted by Gasteiger charge is 2.28. The highest BCUT2D eigenvalue weighted by molar-refractivity contribution is 7.89. The molecule has 2 unspecified atom stereocenters. The monoisotopic (exact) mass is 365 g/mol. The first-order valence-corrected chi connectivity index (χ1v) is 10.5. The summed E-state index contributed by atoms with van der Waals surface area (Å²) in [6.45, 7) is 5.38. The molecular weight excluding hydrogens is 338 g/mol. The summed E-state index contributed by atoms with van der Waals surface area (Å²) >= 11 is 0. The van der Waals surface area contributed by atoms with E-state index in [-0.39, 0.29) is 10.8 Å². The normalized spacial score (nSPS) is 25.8. The third-order valence-electron chi connectivity index (χ3n) is 5.24. The molecule has 0 saturated carbocycles. The Bertz CT molecular complexity index is 702. The van der Waals surface area contributed by atoms with Gasteiger partial charge in [0.2, 0.25) is 10.0 Å². The molecule has 0 aliphatic carbocycles. The van der Waals surface area contributed by atoms with Crippen molar-refractivity contribution in [3.8, 4) is 0 Å². The molecule has 2 aliphatic rings. The van der Waals surface area contributed by atoms with E-state index in [0.717, 1.165) is 25.7 Å². The SMILES string of the molecule is CC1CCCC(C)N1NC(=O)c1ccc(S(=O)(=O)N2CCCC2)cc1. The van der Waals surface area contributed by atoms with E-state index in [0.29, 0.717) is 30.7 Å². The Labute approximate surface area is 150 Å². The maximum absolute atomic E-state index is 12.5. The lowest BCUT2D eigenvalue weighted by Crippen LogP contribution is -2.54. The van der Waals surface area contributed by atoms with Crippen molar-refractivity contribution < 1.29 is 13.2 Å². The number of sulfonamides is 1. The maximum Gasteiger partial charge on any atom is 0.265 e. The molecule has 0 radical (unpaired) electrons. The molecule has 1 N–H and O–H groups in total. The molecule has 1 amide bonds. The van der Waals surface area contributed by atoms with Gasteiger partial charge in [-0.15, -0.1) is 0 Å². The van der Waals surface area contributed by atoms with Crippen molar-refractivity contribution in [1.82, 2.24) is 14.7 Å². The van der Waals surface area contributed by atoms with E-state index in [1.807, 2.05) is 5.01 Å². The summed E-state index contributed by atoms with van der Waals surface area (Å²) in [5.74, 6) is -0.189. The van der Waals surface area contributed by atoms with Gasteiger partial charge in [0, 0.05) is 30.7 Å². The first kappa shape index (κ1) is 18.4. The molecule has 2 aliphatic heterocycles. The molecule has 2 atom stereocenters. The van der Waals surface area contributed by atoms with Gasteiger partial charge in [-0.3, -0.25) is 10.2 Å². The zero-order valence-electron chi connectivity index (χ0n) is 14.9. The molecule has 0 bridgehead atoms. The summed E-state index contributed by atoms with van der Waals surface area (Å²) in [7, 11) is -3.43. The van der Waals surface area contributed by atoms with Crippen LogP contribution in [0.25, 0.3) is 0 Å². The van der Waals surface area contributed by atoms with E-state index < -0.39 is 10.0 Å². The summed E-state index contributed by atoms with van der Waals surface area (Å²) in [6.07, 6.45) is 5.13. The van der Waals surface area contributed by atoms with Crippen LogP contribution in [0.2, 0.25) is 0 Å². The third-order valence-corrected chi connectivity index (χ3v) is 7.16. The minimum atomic E-state index is -3.43. The largest absolute Gasteiger partial charge is 0.284 e. The Balaban J connectivity index is 1.70. The number of amides is 1. The van der Waals surface area contributed by atoms with Crippen LogP contribution >= 0.6 is 0 Å². The fourth-order valence-corrected chi connectivity index (χ4v) is 5.20. The molecule has 7 heteroatoms. The molecule has 2 saturated heterocycles. The number of carbonyl (C=O) groups is 1. The Kier molecular flexibility index (Phi) is 5.46. The van der Waals surface area contributed by atoms with Crippen LogP contribution in [0.15, 0.2) is 29.2 Å². The number of hydrogen-bond acceptors (Lipinski definition) is 4. The van der Waals surface area contributed by atoms with Crippen molar-refractivity contribution in [1.29, 1.82) is 0 Å². The average Bonchev–Trinajstić information content (AvgIpc) is 3.14. The predicted molar refractivity (Wildman–Crippen MR) is 96.5 cm³/mol. The Hall–Kier alpha value is -1.44. The second-order valence-electron chi connectivity index (χ2n) is 7.11. The number of nitrogens with one attached hydrogen (secondary N) is 1. The zero-order valence-corrected chi connectivity index (χ0v) is 15.8. The van der Waals surface area contributed by atoms with Gasteiger partial charge in [0.05, 0.1) is 4.90 Å². The van der Waals surface area contributed by atoms with E-state index in [4.69, 9.17) is 0 Å². The molecule has 1 aromatic rings. The number of rotatable bonds is 4. The van der Waals surface area contributed by atoms with Crippen LogP contribution < -0.4 is 5.43 Å². The van der Waals surface area contributed by atoms with Gasteiger partial charge in [-0.2, -0.15) is 4.31 Å². The van der Waals surface area contributed by atoms with Crippen LogP contribution in [-0.4, -0.2) is 48.8 Å². The van der Waals surface area contributed by atoms with Gasteiger partial charge in [-0.05, 0) is 63.8 Å². The molecule has 3 rings (SSSR count). The van der Waals surface area contributed by atoms with E-state index in [9.17, 15) is 13.2 Å². The van der Waals surface area contributed by atoms with Gasteiger partial charge in [-0.25, -0.2) is 13.4 Å². The van der Waals surface area contributed by atoms with Crippen molar-refractivity contribution in [2.45, 2.75) is 62.9 Å². The zero-order chi connectivity index (χ0) is 18.0. The standard InChI is InChI=1S/C18H27N3O3S/c1-14-6-5-7-15(2)21(14)19-18(22)16-8-10-17(11-9-16)25(23,24)20-12-3-4-13-20/h8-11,14-15H,3-7,12-13H2,1-2H3,(H,19,22). The Morgan fingerprint density at radius 2 is 1.56 bits per heavy atom. The molecule has 6 nitrogen and oxygen atoms in total. The van der Waals surface area contributed by atoms with Crippen LogP contribution in [0.4, 0.5) is 0 Å². The summed E-state index contributed by atoms with van der Waals surface area (Å²) < 4.78 is 26.6. The summed E-state index contributed by atoms with van der Waals surface area (Å²) in [5, 5.41) is 2.01. The highest BCUT2D eigenvalue weighted by Crippen LogP contribution is 2.22. The van der Waals surface area contributed by atoms with Gasteiger partial charge in [0.15, 0.2) is 0 Å². The lowest BCUT2D eigenvalue weighted by Gasteiger charge is -2.38. The number of nitrogens with zero attached hydrogens (tertiary/aromatic N) is 2. The second-order valence-corrected chi connectivity index (χ2v) is 9.05. The van der Waals surface area contributed by atoms with E-state index in [2.05, 4.69) is 19.3 Å². The van der Waals surface area contributed by atoms with Gasteiger partial charge in [0.1, 0.15) is 0 Å². The van der Waals surface area contributed by atoms with Crippen molar-refractivity contribution in [2.75, 3.05) is 13.1 Å². The predicted octanol–water partition coefficient (Wildman–Crippen LogP) is 2.38. The van der Waals surface area contributed by atoms with Gasteiger partial charge in [0.25, 0.3) is 5.91 Å². The quantitative estimate of drug-likeness (QED) is 0.889. The lowest BCUT2D eigenvalue weighted by molar-refractivity contribution is 0.0369. The Morgan fingerprint density at radius 3 is 2.12 bits per heavy atom. The van der Waals surface area contributed by atoms with E-state index >= 15 is 0 Å². The fourth-order valence-electron chi connectivity index (χ4n) is 3.68. The van der Waals surface area contributed by atoms with Crippen molar-refractivity contribution >= 4 is 15.9 Å². The van der Waals surface area contributed by atoms with Crippen molar-refractivity contribution in [3.63, 3.8) is 0 Å². The minimum absolute atomic E-state index is 0.189. The summed E-state index contributed by atoms with van der Waals surface area (Å²) in [6, 6.07) is 6.87. The van der Waals surface area contributed by atoms with Crippen LogP contribution in [0.1, 0.15) is 56.3 Å².